The quantitative estimate of drug-likeness (QED) is 0.802. The Morgan fingerprint density at radius 3 is 2.79 bits per heavy atom. The normalized spacial score (nSPS) is 33.4. The highest BCUT2D eigenvalue weighted by Crippen LogP contribution is 2.47. The van der Waals surface area contributed by atoms with Gasteiger partial charge in [0, 0.05) is 31.0 Å². The molecule has 2 bridgehead atoms. The number of aliphatic hydroxyl groups excluding tert-OH is 1. The van der Waals surface area contributed by atoms with Crippen molar-refractivity contribution in [3.05, 3.63) is 24.3 Å². The van der Waals surface area contributed by atoms with Gasteiger partial charge >= 0.3 is 0 Å². The zero-order valence-corrected chi connectivity index (χ0v) is 17.0. The largest absolute Gasteiger partial charge is 0.423 e. The number of benzene rings is 1. The Morgan fingerprint density at radius 1 is 1.28 bits per heavy atom. The summed E-state index contributed by atoms with van der Waals surface area (Å²) in [4.78, 5) is 19.7. The lowest BCUT2D eigenvalue weighted by atomic mass is 9.83. The van der Waals surface area contributed by atoms with E-state index in [1.165, 1.54) is 0 Å². The van der Waals surface area contributed by atoms with Gasteiger partial charge in [-0.2, -0.15) is 4.98 Å². The Kier molecular flexibility index (Phi) is 4.75. The monoisotopic (exact) mass is 399 g/mol. The summed E-state index contributed by atoms with van der Waals surface area (Å²) >= 11 is 0. The first kappa shape index (κ1) is 18.9. The van der Waals surface area contributed by atoms with E-state index >= 15 is 0 Å². The van der Waals surface area contributed by atoms with Crippen LogP contribution in [0.4, 0.5) is 6.01 Å². The molecule has 0 spiro atoms. The summed E-state index contributed by atoms with van der Waals surface area (Å²) in [5.74, 6) is 0.0316. The van der Waals surface area contributed by atoms with Crippen molar-refractivity contribution in [1.29, 1.82) is 0 Å². The Labute approximate surface area is 170 Å². The summed E-state index contributed by atoms with van der Waals surface area (Å²) in [7, 11) is 0. The maximum atomic E-state index is 13.0. The van der Waals surface area contributed by atoms with E-state index < -0.39 is 6.10 Å². The number of carbonyl (C=O) groups excluding carboxylic acids is 1. The summed E-state index contributed by atoms with van der Waals surface area (Å²) in [6.07, 6.45) is 1.47. The van der Waals surface area contributed by atoms with Crippen LogP contribution in [0.1, 0.15) is 33.1 Å². The van der Waals surface area contributed by atoms with Gasteiger partial charge in [0.2, 0.25) is 5.91 Å². The highest BCUT2D eigenvalue weighted by molar-refractivity contribution is 5.80. The van der Waals surface area contributed by atoms with E-state index in [0.29, 0.717) is 25.5 Å². The van der Waals surface area contributed by atoms with Crippen molar-refractivity contribution in [1.82, 2.24) is 10.3 Å². The first-order chi connectivity index (χ1) is 14.1. The average Bonchev–Trinajstić information content (AvgIpc) is 3.45. The minimum atomic E-state index is -0.559. The van der Waals surface area contributed by atoms with Gasteiger partial charge in [0.25, 0.3) is 6.01 Å². The van der Waals surface area contributed by atoms with Gasteiger partial charge in [-0.25, -0.2) is 0 Å². The fraction of sp³-hybridized carbons (Fsp3) is 0.636. The second kappa shape index (κ2) is 7.29. The topological polar surface area (TPSA) is 87.8 Å². The first-order valence-corrected chi connectivity index (χ1v) is 10.8. The lowest BCUT2D eigenvalue weighted by Gasteiger charge is -2.36. The molecule has 7 heteroatoms. The van der Waals surface area contributed by atoms with Crippen LogP contribution in [0.2, 0.25) is 0 Å². The SMILES string of the molecule is CCC(CC)NC(=O)C1C[C@@H]2O[C@H]1[C@H]1CN(c3nc4ccccc4o3)C[C@H]1[C@@H]2O. The molecule has 1 amide bonds. The number of hydrogen-bond acceptors (Lipinski definition) is 6. The predicted octanol–water partition coefficient (Wildman–Crippen LogP) is 2.33. The third kappa shape index (κ3) is 3.11. The molecule has 1 aromatic heterocycles. The van der Waals surface area contributed by atoms with E-state index in [9.17, 15) is 9.90 Å². The van der Waals surface area contributed by atoms with Gasteiger partial charge in [-0.3, -0.25) is 4.79 Å². The molecule has 6 atom stereocenters. The Morgan fingerprint density at radius 2 is 2.03 bits per heavy atom. The Bertz CT molecular complexity index is 862. The molecule has 7 nitrogen and oxygen atoms in total. The number of nitrogens with zero attached hydrogens (tertiary/aromatic N) is 2. The smallest absolute Gasteiger partial charge is 0.298 e. The van der Waals surface area contributed by atoms with Crippen LogP contribution in [0.5, 0.6) is 0 Å². The molecular weight excluding hydrogens is 370 g/mol. The number of para-hydroxylation sites is 2. The lowest BCUT2D eigenvalue weighted by molar-refractivity contribution is -0.141. The van der Waals surface area contributed by atoms with Gasteiger partial charge in [0.1, 0.15) is 5.52 Å². The fourth-order valence-electron chi connectivity index (χ4n) is 5.40. The van der Waals surface area contributed by atoms with E-state index in [1.807, 2.05) is 24.3 Å². The van der Waals surface area contributed by atoms with E-state index in [-0.39, 0.29) is 41.9 Å². The third-order valence-electron chi connectivity index (χ3n) is 7.09. The molecule has 2 N–H and O–H groups in total. The van der Waals surface area contributed by atoms with E-state index in [1.54, 1.807) is 0 Å². The number of rotatable bonds is 5. The number of aliphatic hydroxyl groups is 1. The number of hydrogen-bond donors (Lipinski definition) is 2. The highest BCUT2D eigenvalue weighted by atomic mass is 16.5. The molecule has 29 heavy (non-hydrogen) atoms. The highest BCUT2D eigenvalue weighted by Gasteiger charge is 2.58. The molecule has 1 unspecified atom stereocenters. The molecule has 3 saturated heterocycles. The molecule has 1 aromatic carbocycles. The summed E-state index contributed by atoms with van der Waals surface area (Å²) in [5.41, 5.74) is 1.59. The van der Waals surface area contributed by atoms with Gasteiger partial charge in [-0.15, -0.1) is 0 Å². The molecule has 0 radical (unpaired) electrons. The number of aromatic nitrogens is 1. The van der Waals surface area contributed by atoms with Gasteiger partial charge in [0.05, 0.1) is 24.2 Å². The fourth-order valence-corrected chi connectivity index (χ4v) is 5.40. The zero-order valence-electron chi connectivity index (χ0n) is 17.0. The molecule has 2 aromatic rings. The maximum absolute atomic E-state index is 13.0. The van der Waals surface area contributed by atoms with Crippen molar-refractivity contribution in [2.24, 2.45) is 17.8 Å². The molecule has 0 aliphatic carbocycles. The molecule has 3 aliphatic rings. The second-order valence-corrected chi connectivity index (χ2v) is 8.69. The minimum absolute atomic E-state index is 0.0689. The number of fused-ring (bicyclic) bond motifs is 5. The van der Waals surface area contributed by atoms with Crippen LogP contribution >= 0.6 is 0 Å². The number of carbonyl (C=O) groups is 1. The number of anilines is 1. The van der Waals surface area contributed by atoms with Gasteiger partial charge in [-0.1, -0.05) is 26.0 Å². The predicted molar refractivity (Wildman–Crippen MR) is 108 cm³/mol. The van der Waals surface area contributed by atoms with Crippen molar-refractivity contribution in [2.75, 3.05) is 18.0 Å². The van der Waals surface area contributed by atoms with Gasteiger partial charge < -0.3 is 24.5 Å². The van der Waals surface area contributed by atoms with Crippen LogP contribution in [0.3, 0.4) is 0 Å². The van der Waals surface area contributed by atoms with Crippen LogP contribution in [0, 0.1) is 17.8 Å². The molecule has 4 heterocycles. The van der Waals surface area contributed by atoms with E-state index in [2.05, 4.69) is 29.0 Å². The van der Waals surface area contributed by atoms with Gasteiger partial charge in [-0.05, 0) is 31.4 Å². The van der Waals surface area contributed by atoms with Crippen LogP contribution in [-0.4, -0.2) is 53.4 Å². The van der Waals surface area contributed by atoms with E-state index in [0.717, 1.165) is 23.9 Å². The molecule has 5 rings (SSSR count). The Balaban J connectivity index is 1.36. The van der Waals surface area contributed by atoms with Gasteiger partial charge in [0.15, 0.2) is 5.58 Å². The molecule has 156 valence electrons. The zero-order chi connectivity index (χ0) is 20.1. The van der Waals surface area contributed by atoms with Crippen molar-refractivity contribution in [2.45, 2.75) is 57.5 Å². The standard InChI is InChI=1S/C22H29N3O4/c1-3-12(4-2)23-21(27)13-9-18-19(26)14-10-25(11-15(14)20(13)28-18)22-24-16-7-5-6-8-17(16)29-22/h5-8,12-15,18-20,26H,3-4,9-11H2,1-2H3,(H,23,27)/t13?,14-,15+,18+,19+,20-/m1/s1. The second-order valence-electron chi connectivity index (χ2n) is 8.69. The van der Waals surface area contributed by atoms with Crippen molar-refractivity contribution in [3.8, 4) is 0 Å². The average molecular weight is 399 g/mol. The third-order valence-corrected chi connectivity index (χ3v) is 7.09. The lowest BCUT2D eigenvalue weighted by Crippen LogP contribution is -2.48. The number of amides is 1. The van der Waals surface area contributed by atoms with E-state index in [4.69, 9.17) is 9.15 Å². The van der Waals surface area contributed by atoms with Crippen LogP contribution in [-0.2, 0) is 9.53 Å². The number of nitrogens with one attached hydrogen (secondary N) is 1. The number of ether oxygens (including phenoxy) is 1. The van der Waals surface area contributed by atoms with Crippen LogP contribution in [0.25, 0.3) is 11.1 Å². The first-order valence-electron chi connectivity index (χ1n) is 10.8. The summed E-state index contributed by atoms with van der Waals surface area (Å²) in [5, 5.41) is 14.1. The van der Waals surface area contributed by atoms with Crippen LogP contribution in [0.15, 0.2) is 28.7 Å². The minimum Gasteiger partial charge on any atom is -0.423 e. The Hall–Kier alpha value is -2.12. The summed E-state index contributed by atoms with van der Waals surface area (Å²) in [6.45, 7) is 5.54. The maximum Gasteiger partial charge on any atom is 0.298 e. The molecule has 0 saturated carbocycles. The van der Waals surface area contributed by atoms with Crippen LogP contribution < -0.4 is 10.2 Å². The van der Waals surface area contributed by atoms with Crippen molar-refractivity contribution < 1.29 is 19.1 Å². The number of oxazole rings is 1. The molecular formula is C22H29N3O4. The summed E-state index contributed by atoms with van der Waals surface area (Å²) < 4.78 is 12.1. The molecule has 3 fully saturated rings. The molecule has 3 aliphatic heterocycles. The van der Waals surface area contributed by atoms with Crippen molar-refractivity contribution in [3.63, 3.8) is 0 Å². The van der Waals surface area contributed by atoms with Crippen molar-refractivity contribution >= 4 is 23.0 Å². The summed E-state index contributed by atoms with van der Waals surface area (Å²) in [6, 6.07) is 8.50.